The summed E-state index contributed by atoms with van der Waals surface area (Å²) < 4.78 is 6.16. The summed E-state index contributed by atoms with van der Waals surface area (Å²) in [5, 5.41) is 14.0. The first-order valence-corrected chi connectivity index (χ1v) is 7.19. The van der Waals surface area contributed by atoms with Crippen molar-refractivity contribution >= 4 is 0 Å². The zero-order valence-electron chi connectivity index (χ0n) is 10.7. The van der Waals surface area contributed by atoms with E-state index in [-0.39, 0.29) is 11.5 Å². The highest BCUT2D eigenvalue weighted by atomic mass is 16.5. The second-order valence-corrected chi connectivity index (χ2v) is 6.29. The fraction of sp³-hybridized carbons (Fsp3) is 0.500. The lowest BCUT2D eigenvalue weighted by Gasteiger charge is -2.53. The van der Waals surface area contributed by atoms with Crippen LogP contribution in [0.2, 0.25) is 0 Å². The molecule has 1 spiro atoms. The topological polar surface area (TPSA) is 41.5 Å². The van der Waals surface area contributed by atoms with Gasteiger partial charge in [-0.25, -0.2) is 0 Å². The van der Waals surface area contributed by atoms with Crippen molar-refractivity contribution in [2.45, 2.75) is 36.5 Å². The molecular weight excluding hydrogens is 238 g/mol. The van der Waals surface area contributed by atoms with E-state index < -0.39 is 6.10 Å². The van der Waals surface area contributed by atoms with Crippen LogP contribution in [0.3, 0.4) is 0 Å². The predicted octanol–water partition coefficient (Wildman–Crippen LogP) is 1.15. The number of hydrogen-bond donors (Lipinski definition) is 2. The van der Waals surface area contributed by atoms with Crippen molar-refractivity contribution in [3.63, 3.8) is 0 Å². The van der Waals surface area contributed by atoms with E-state index in [4.69, 9.17) is 4.74 Å². The van der Waals surface area contributed by atoms with Crippen molar-refractivity contribution in [2.75, 3.05) is 6.54 Å². The molecule has 1 saturated heterocycles. The van der Waals surface area contributed by atoms with Gasteiger partial charge in [-0.2, -0.15) is 0 Å². The van der Waals surface area contributed by atoms with Crippen molar-refractivity contribution in [2.24, 2.45) is 5.92 Å². The molecule has 19 heavy (non-hydrogen) atoms. The van der Waals surface area contributed by atoms with E-state index in [9.17, 15) is 5.11 Å². The molecule has 1 aromatic carbocycles. The largest absolute Gasteiger partial charge is 0.486 e. The van der Waals surface area contributed by atoms with Gasteiger partial charge in [0.25, 0.3) is 0 Å². The minimum absolute atomic E-state index is 0.00819. The average Bonchev–Trinajstić information content (AvgIpc) is 2.74. The van der Waals surface area contributed by atoms with Crippen molar-refractivity contribution in [3.8, 4) is 5.75 Å². The molecule has 2 N–H and O–H groups in total. The van der Waals surface area contributed by atoms with Gasteiger partial charge in [0.2, 0.25) is 0 Å². The van der Waals surface area contributed by atoms with E-state index in [1.54, 1.807) is 0 Å². The van der Waals surface area contributed by atoms with Gasteiger partial charge < -0.3 is 15.2 Å². The van der Waals surface area contributed by atoms with E-state index in [0.29, 0.717) is 12.0 Å². The Morgan fingerprint density at radius 3 is 3.21 bits per heavy atom. The SMILES string of the molecule is O[C@H]1C=C[C@H]2C3Cc4cccc5c4[C@@]2(CCN3)[C@H]1O5. The number of nitrogens with one attached hydrogen (secondary N) is 1. The van der Waals surface area contributed by atoms with Gasteiger partial charge in [0.15, 0.2) is 0 Å². The molecule has 1 fully saturated rings. The van der Waals surface area contributed by atoms with E-state index in [1.165, 1.54) is 11.1 Å². The molecule has 1 aromatic rings. The smallest absolute Gasteiger partial charge is 0.138 e. The van der Waals surface area contributed by atoms with Gasteiger partial charge in [0, 0.05) is 22.9 Å². The Balaban J connectivity index is 1.85. The van der Waals surface area contributed by atoms with Crippen molar-refractivity contribution in [1.29, 1.82) is 0 Å². The molecule has 98 valence electrons. The lowest BCUT2D eigenvalue weighted by atomic mass is 9.54. The fourth-order valence-electron chi connectivity index (χ4n) is 4.95. The van der Waals surface area contributed by atoms with Crippen LogP contribution >= 0.6 is 0 Å². The number of ether oxygens (including phenoxy) is 1. The Kier molecular flexibility index (Phi) is 1.77. The van der Waals surface area contributed by atoms with Gasteiger partial charge in [-0.1, -0.05) is 24.3 Å². The first kappa shape index (κ1) is 10.5. The van der Waals surface area contributed by atoms with Crippen LogP contribution in [0.1, 0.15) is 17.5 Å². The van der Waals surface area contributed by atoms with E-state index in [2.05, 4.69) is 29.6 Å². The molecule has 3 nitrogen and oxygen atoms in total. The molecule has 4 aliphatic rings. The van der Waals surface area contributed by atoms with Gasteiger partial charge in [0.05, 0.1) is 0 Å². The average molecular weight is 255 g/mol. The summed E-state index contributed by atoms with van der Waals surface area (Å²) in [4.78, 5) is 0. The predicted molar refractivity (Wildman–Crippen MR) is 71.3 cm³/mol. The third-order valence-corrected chi connectivity index (χ3v) is 5.58. The van der Waals surface area contributed by atoms with Crippen LogP contribution in [0.15, 0.2) is 30.4 Å². The zero-order chi connectivity index (χ0) is 12.6. The molecule has 1 unspecified atom stereocenters. The normalized spacial score (nSPS) is 44.7. The lowest BCUT2D eigenvalue weighted by molar-refractivity contribution is -0.0172. The maximum atomic E-state index is 10.4. The third-order valence-electron chi connectivity index (χ3n) is 5.58. The molecule has 0 radical (unpaired) electrons. The van der Waals surface area contributed by atoms with Crippen LogP contribution in [0.25, 0.3) is 0 Å². The Morgan fingerprint density at radius 2 is 2.26 bits per heavy atom. The third kappa shape index (κ3) is 1.04. The molecule has 5 rings (SSSR count). The highest BCUT2D eigenvalue weighted by Crippen LogP contribution is 2.59. The maximum Gasteiger partial charge on any atom is 0.138 e. The Hall–Kier alpha value is -1.32. The summed E-state index contributed by atoms with van der Waals surface area (Å²) in [6.45, 7) is 1.02. The van der Waals surface area contributed by atoms with Crippen LogP contribution in [0.4, 0.5) is 0 Å². The minimum atomic E-state index is -0.478. The first-order chi connectivity index (χ1) is 9.30. The van der Waals surface area contributed by atoms with Gasteiger partial charge in [-0.3, -0.25) is 0 Å². The van der Waals surface area contributed by atoms with E-state index in [0.717, 1.165) is 25.1 Å². The summed E-state index contributed by atoms with van der Waals surface area (Å²) in [5.74, 6) is 1.47. The second kappa shape index (κ2) is 3.22. The highest BCUT2D eigenvalue weighted by Gasteiger charge is 2.62. The van der Waals surface area contributed by atoms with Crippen molar-refractivity contribution < 1.29 is 9.84 Å². The summed E-state index contributed by atoms with van der Waals surface area (Å²) in [6, 6.07) is 6.87. The van der Waals surface area contributed by atoms with Crippen LogP contribution in [-0.2, 0) is 11.8 Å². The molecule has 0 saturated carbocycles. The van der Waals surface area contributed by atoms with Crippen LogP contribution < -0.4 is 10.1 Å². The van der Waals surface area contributed by atoms with Crippen molar-refractivity contribution in [1.82, 2.24) is 5.32 Å². The number of hydrogen-bond acceptors (Lipinski definition) is 3. The summed E-state index contributed by atoms with van der Waals surface area (Å²) >= 11 is 0. The van der Waals surface area contributed by atoms with E-state index >= 15 is 0 Å². The molecule has 3 heteroatoms. The summed E-state index contributed by atoms with van der Waals surface area (Å²) in [5.41, 5.74) is 2.82. The summed E-state index contributed by atoms with van der Waals surface area (Å²) in [7, 11) is 0. The van der Waals surface area contributed by atoms with Crippen LogP contribution in [0, 0.1) is 5.92 Å². The van der Waals surface area contributed by atoms with Crippen molar-refractivity contribution in [3.05, 3.63) is 41.5 Å². The second-order valence-electron chi connectivity index (χ2n) is 6.29. The van der Waals surface area contributed by atoms with Crippen LogP contribution in [0.5, 0.6) is 5.75 Å². The van der Waals surface area contributed by atoms with Gasteiger partial charge in [0.1, 0.15) is 18.0 Å². The number of benzene rings is 1. The quantitative estimate of drug-likeness (QED) is 0.683. The number of rotatable bonds is 0. The lowest BCUT2D eigenvalue weighted by Crippen LogP contribution is -2.64. The number of piperidine rings is 1. The molecule has 0 amide bonds. The number of aliphatic hydroxyl groups is 1. The number of aliphatic hydroxyl groups excluding tert-OH is 1. The van der Waals surface area contributed by atoms with Gasteiger partial charge in [-0.15, -0.1) is 0 Å². The molecule has 5 atom stereocenters. The minimum Gasteiger partial charge on any atom is -0.486 e. The first-order valence-electron chi connectivity index (χ1n) is 7.19. The molecule has 2 aliphatic carbocycles. The van der Waals surface area contributed by atoms with Gasteiger partial charge in [-0.05, 0) is 31.0 Å². The summed E-state index contributed by atoms with van der Waals surface area (Å²) in [6.07, 6.45) is 5.73. The molecular formula is C16H17NO2. The van der Waals surface area contributed by atoms with E-state index in [1.807, 2.05) is 6.08 Å². The zero-order valence-corrected chi connectivity index (χ0v) is 10.7. The molecule has 2 heterocycles. The monoisotopic (exact) mass is 255 g/mol. The van der Waals surface area contributed by atoms with Gasteiger partial charge >= 0.3 is 0 Å². The Bertz CT molecular complexity index is 596. The molecule has 2 aliphatic heterocycles. The van der Waals surface area contributed by atoms with Crippen LogP contribution in [-0.4, -0.2) is 29.9 Å². The Morgan fingerprint density at radius 1 is 1.32 bits per heavy atom. The highest BCUT2D eigenvalue weighted by molar-refractivity contribution is 5.56. The molecule has 2 bridgehead atoms. The Labute approximate surface area is 112 Å². The molecule has 0 aromatic heterocycles. The maximum absolute atomic E-state index is 10.4. The standard InChI is InChI=1S/C16H17NO2/c18-12-5-4-10-11-8-9-2-1-3-13-14(9)16(10,6-7-17-11)15(12)19-13/h1-5,10-12,15,17-18H,6-8H2/t10-,11?,12-,15-,16-/m0/s1. The fourth-order valence-corrected chi connectivity index (χ4v) is 4.95.